The zero-order valence-corrected chi connectivity index (χ0v) is 44.8. The average Bonchev–Trinajstić information content (AvgIpc) is 3.29. The van der Waals surface area contributed by atoms with Crippen LogP contribution in [0, 0.1) is 0 Å². The molecule has 0 aliphatic heterocycles. The molecule has 0 aromatic rings. The Hall–Kier alpha value is -2.23. The Bertz CT molecular complexity index is 1150. The molecule has 0 saturated heterocycles. The van der Waals surface area contributed by atoms with Crippen molar-refractivity contribution in [1.82, 2.24) is 0 Å². The molecule has 0 radical (unpaired) electrons. The van der Waals surface area contributed by atoms with Crippen LogP contribution in [0.5, 0.6) is 0 Å². The first kappa shape index (κ1) is 64.8. The van der Waals surface area contributed by atoms with Crippen molar-refractivity contribution in [2.24, 2.45) is 0 Å². The van der Waals surface area contributed by atoms with Gasteiger partial charge in [-0.05, 0) is 44.9 Å². The van der Waals surface area contributed by atoms with E-state index in [1.54, 1.807) is 0 Å². The number of carboxylic acids is 1. The van der Waals surface area contributed by atoms with Crippen LogP contribution in [0.2, 0.25) is 0 Å². The number of ether oxygens (including phenoxy) is 4. The third-order valence-corrected chi connectivity index (χ3v) is 12.7. The number of esters is 2. The predicted molar refractivity (Wildman–Crippen MR) is 281 cm³/mol. The lowest BCUT2D eigenvalue weighted by Crippen LogP contribution is -2.40. The summed E-state index contributed by atoms with van der Waals surface area (Å²) in [4.78, 5) is 36.9. The second kappa shape index (κ2) is 50.2. The van der Waals surface area contributed by atoms with Crippen LogP contribution in [0.15, 0.2) is 24.3 Å². The second-order valence-corrected chi connectivity index (χ2v) is 20.6. The smallest absolute Gasteiger partial charge is 0.361 e. The van der Waals surface area contributed by atoms with Gasteiger partial charge in [0.2, 0.25) is 0 Å². The number of allylic oxidation sites excluding steroid dienone is 4. The van der Waals surface area contributed by atoms with Crippen molar-refractivity contribution in [3.05, 3.63) is 24.3 Å². The van der Waals surface area contributed by atoms with E-state index in [1.807, 2.05) is 21.1 Å². The van der Waals surface area contributed by atoms with Crippen molar-refractivity contribution in [3.63, 3.8) is 0 Å². The SMILES string of the molecule is CCCCCCC/C=C\C/C=C\CCCCCCCCCCCCCCCCCCCCCCCCCCCC(=O)OC(COC(=O)CCCCCCC)COC(OCC[N+](C)(C)C)C(=O)O. The number of unbranched alkanes of at least 4 members (excludes halogenated alkanes) is 34. The summed E-state index contributed by atoms with van der Waals surface area (Å²) >= 11 is 0. The van der Waals surface area contributed by atoms with Gasteiger partial charge in [0.25, 0.3) is 6.29 Å². The maximum Gasteiger partial charge on any atom is 0.361 e. The standard InChI is InChI=1S/C58H109NO8/c1-6-8-10-12-13-14-15-16-17-18-19-20-21-22-23-24-25-26-27-28-29-30-31-32-33-34-35-36-37-38-39-40-41-42-43-45-47-49-56(61)67-54(52-65-55(60)48-46-44-11-9-7-2)53-66-58(57(62)63)64-51-50-59(3,4)5/h15-16,18-19,54,58H,6-14,17,20-53H2,1-5H3/p+1/b16-15-,19-18-. The van der Waals surface area contributed by atoms with Crippen LogP contribution in [-0.2, 0) is 33.3 Å². The second-order valence-electron chi connectivity index (χ2n) is 20.6. The summed E-state index contributed by atoms with van der Waals surface area (Å²) in [5.74, 6) is -2.01. The van der Waals surface area contributed by atoms with Gasteiger partial charge in [0.15, 0.2) is 6.10 Å². The molecule has 1 N–H and O–H groups in total. The van der Waals surface area contributed by atoms with Crippen molar-refractivity contribution in [3.8, 4) is 0 Å². The molecule has 9 nitrogen and oxygen atoms in total. The normalized spacial score (nSPS) is 12.9. The maximum absolute atomic E-state index is 12.7. The molecule has 0 aliphatic rings. The van der Waals surface area contributed by atoms with Crippen LogP contribution in [0.3, 0.4) is 0 Å². The van der Waals surface area contributed by atoms with Gasteiger partial charge in [0.1, 0.15) is 13.2 Å². The molecular weight excluding hydrogens is 839 g/mol. The number of likely N-dealkylation sites (N-methyl/N-ethyl adjacent to an activating group) is 1. The summed E-state index contributed by atoms with van der Waals surface area (Å²) in [6, 6.07) is 0. The summed E-state index contributed by atoms with van der Waals surface area (Å²) in [7, 11) is 5.96. The topological polar surface area (TPSA) is 108 Å². The number of hydrogen-bond acceptors (Lipinski definition) is 7. The van der Waals surface area contributed by atoms with Crippen molar-refractivity contribution >= 4 is 17.9 Å². The lowest BCUT2D eigenvalue weighted by Gasteiger charge is -2.25. The summed E-state index contributed by atoms with van der Waals surface area (Å²) in [6.07, 6.45) is 56.3. The van der Waals surface area contributed by atoms with E-state index in [2.05, 4.69) is 38.2 Å². The molecule has 2 unspecified atom stereocenters. The Morgan fingerprint density at radius 3 is 1.18 bits per heavy atom. The fourth-order valence-electron chi connectivity index (χ4n) is 8.28. The van der Waals surface area contributed by atoms with Crippen molar-refractivity contribution < 1.29 is 42.9 Å². The number of aliphatic carboxylic acids is 1. The molecule has 0 saturated carbocycles. The molecule has 394 valence electrons. The average molecular weight is 950 g/mol. The summed E-state index contributed by atoms with van der Waals surface area (Å²) in [5.41, 5.74) is 0. The predicted octanol–water partition coefficient (Wildman–Crippen LogP) is 16.3. The highest BCUT2D eigenvalue weighted by molar-refractivity contribution is 5.71. The number of nitrogens with zero attached hydrogens (tertiary/aromatic N) is 1. The van der Waals surface area contributed by atoms with Crippen molar-refractivity contribution in [2.75, 3.05) is 47.5 Å². The van der Waals surface area contributed by atoms with E-state index in [4.69, 9.17) is 18.9 Å². The van der Waals surface area contributed by atoms with Crippen LogP contribution in [0.25, 0.3) is 0 Å². The molecular formula is C58H110NO8+. The van der Waals surface area contributed by atoms with Gasteiger partial charge in [-0.25, -0.2) is 4.79 Å². The molecule has 0 spiro atoms. The minimum Gasteiger partial charge on any atom is -0.477 e. The highest BCUT2D eigenvalue weighted by Crippen LogP contribution is 2.17. The van der Waals surface area contributed by atoms with Crippen molar-refractivity contribution in [2.45, 2.75) is 283 Å². The third-order valence-electron chi connectivity index (χ3n) is 12.7. The Morgan fingerprint density at radius 2 is 0.806 bits per heavy atom. The van der Waals surface area contributed by atoms with Gasteiger partial charge in [0.05, 0.1) is 34.4 Å². The Morgan fingerprint density at radius 1 is 0.448 bits per heavy atom. The number of quaternary nitrogens is 1. The molecule has 0 heterocycles. The molecule has 0 rings (SSSR count). The van der Waals surface area contributed by atoms with E-state index in [0.717, 1.165) is 57.8 Å². The van der Waals surface area contributed by atoms with Crippen molar-refractivity contribution in [1.29, 1.82) is 0 Å². The lowest BCUT2D eigenvalue weighted by atomic mass is 10.0. The van der Waals surface area contributed by atoms with E-state index < -0.39 is 24.3 Å². The van der Waals surface area contributed by atoms with Gasteiger partial charge < -0.3 is 28.5 Å². The zero-order valence-electron chi connectivity index (χ0n) is 44.8. The fourth-order valence-corrected chi connectivity index (χ4v) is 8.28. The summed E-state index contributed by atoms with van der Waals surface area (Å²) in [6.45, 7) is 4.79. The van der Waals surface area contributed by atoms with Gasteiger partial charge >= 0.3 is 17.9 Å². The number of carbonyl (C=O) groups excluding carboxylic acids is 2. The Balaban J connectivity index is 3.78. The van der Waals surface area contributed by atoms with Gasteiger partial charge in [-0.3, -0.25) is 9.59 Å². The molecule has 0 fully saturated rings. The number of carbonyl (C=O) groups is 3. The summed E-state index contributed by atoms with van der Waals surface area (Å²) in [5, 5.41) is 9.61. The molecule has 0 aromatic heterocycles. The number of rotatable bonds is 53. The first-order valence-electron chi connectivity index (χ1n) is 28.5. The molecule has 9 heteroatoms. The molecule has 0 aromatic carbocycles. The Labute approximate surface area is 414 Å². The maximum atomic E-state index is 12.7. The third kappa shape index (κ3) is 51.4. The minimum atomic E-state index is -1.50. The van der Waals surface area contributed by atoms with Crippen LogP contribution < -0.4 is 0 Å². The summed E-state index contributed by atoms with van der Waals surface area (Å²) < 4.78 is 22.6. The largest absolute Gasteiger partial charge is 0.477 e. The molecule has 0 aliphatic carbocycles. The molecule has 2 atom stereocenters. The van der Waals surface area contributed by atoms with Crippen LogP contribution >= 0.6 is 0 Å². The monoisotopic (exact) mass is 949 g/mol. The first-order chi connectivity index (χ1) is 32.6. The van der Waals surface area contributed by atoms with E-state index in [9.17, 15) is 19.5 Å². The van der Waals surface area contributed by atoms with E-state index >= 15 is 0 Å². The van der Waals surface area contributed by atoms with Crippen LogP contribution in [-0.4, -0.2) is 87.4 Å². The first-order valence-corrected chi connectivity index (χ1v) is 28.5. The van der Waals surface area contributed by atoms with E-state index in [-0.39, 0.29) is 32.2 Å². The quantitative estimate of drug-likeness (QED) is 0.0211. The minimum absolute atomic E-state index is 0.178. The van der Waals surface area contributed by atoms with E-state index in [0.29, 0.717) is 17.4 Å². The van der Waals surface area contributed by atoms with Gasteiger partial charge in [0, 0.05) is 12.8 Å². The van der Waals surface area contributed by atoms with E-state index in [1.165, 1.54) is 186 Å². The van der Waals surface area contributed by atoms with Gasteiger partial charge in [-0.15, -0.1) is 0 Å². The molecule has 0 bridgehead atoms. The van der Waals surface area contributed by atoms with Gasteiger partial charge in [-0.2, -0.15) is 0 Å². The highest BCUT2D eigenvalue weighted by atomic mass is 16.7. The highest BCUT2D eigenvalue weighted by Gasteiger charge is 2.25. The lowest BCUT2D eigenvalue weighted by molar-refractivity contribution is -0.870. The fraction of sp³-hybridized carbons (Fsp3) is 0.879. The van der Waals surface area contributed by atoms with Gasteiger partial charge in [-0.1, -0.05) is 237 Å². The van der Waals surface area contributed by atoms with Crippen LogP contribution in [0.4, 0.5) is 0 Å². The Kier molecular flexibility index (Phi) is 48.5. The molecule has 67 heavy (non-hydrogen) atoms. The van der Waals surface area contributed by atoms with Crippen LogP contribution in [0.1, 0.15) is 271 Å². The molecule has 0 amide bonds. The number of carboxylic acid groups (broad SMARTS) is 1. The number of hydrogen-bond donors (Lipinski definition) is 1. The zero-order chi connectivity index (χ0) is 49.2.